The third-order valence-electron chi connectivity index (χ3n) is 9.68. The van der Waals surface area contributed by atoms with E-state index in [-0.39, 0.29) is 0 Å². The molecule has 0 fully saturated rings. The Morgan fingerprint density at radius 1 is 0.420 bits per heavy atom. The van der Waals surface area contributed by atoms with Crippen LogP contribution < -0.4 is 0 Å². The van der Waals surface area contributed by atoms with E-state index in [1.54, 1.807) is 0 Å². The van der Waals surface area contributed by atoms with Crippen LogP contribution in [-0.2, 0) is 0 Å². The van der Waals surface area contributed by atoms with Gasteiger partial charge in [0, 0.05) is 27.5 Å². The normalized spacial score (nSPS) is 12.6. The number of rotatable bonds is 4. The molecule has 7 aromatic carbocycles. The molecular weight excluding hydrogens is 611 g/mol. The summed E-state index contributed by atoms with van der Waals surface area (Å²) in [6, 6.07) is 48.8. The molecule has 2 aromatic heterocycles. The number of para-hydroxylation sites is 1. The van der Waals surface area contributed by atoms with E-state index in [0.717, 1.165) is 61.7 Å². The van der Waals surface area contributed by atoms with Gasteiger partial charge in [0.1, 0.15) is 11.2 Å². The minimum Gasteiger partial charge on any atom is -0.456 e. The van der Waals surface area contributed by atoms with E-state index in [1.165, 1.54) is 27.1 Å². The standard InChI is InChI=1S/C46H29N3O/c1-3-11-29-19-22-35(26-32(29)15-6-1)45-47-44(31-13-4-2-5-14-31)48-46(49-45)40-27-36(28-42-43(40)39-17-9-10-18-41(39)50-42)33-23-24-38-34(25-33)21-20-30-12-7-8-16-37(30)38/h2-28H,1H2. The molecule has 50 heavy (non-hydrogen) atoms. The van der Waals surface area contributed by atoms with Crippen LogP contribution in [0.2, 0.25) is 0 Å². The van der Waals surface area contributed by atoms with E-state index in [1.807, 2.05) is 42.5 Å². The molecule has 0 aliphatic heterocycles. The van der Waals surface area contributed by atoms with Gasteiger partial charge in [0.05, 0.1) is 0 Å². The maximum atomic E-state index is 6.54. The van der Waals surface area contributed by atoms with Crippen LogP contribution >= 0.6 is 0 Å². The van der Waals surface area contributed by atoms with Gasteiger partial charge in [-0.3, -0.25) is 0 Å². The van der Waals surface area contributed by atoms with E-state index in [4.69, 9.17) is 19.4 Å². The van der Waals surface area contributed by atoms with Gasteiger partial charge in [0.25, 0.3) is 0 Å². The molecule has 4 nitrogen and oxygen atoms in total. The summed E-state index contributed by atoms with van der Waals surface area (Å²) in [4.78, 5) is 15.4. The molecule has 2 heterocycles. The second-order valence-corrected chi connectivity index (χ2v) is 12.8. The quantitative estimate of drug-likeness (QED) is 0.180. The third-order valence-corrected chi connectivity index (χ3v) is 9.68. The highest BCUT2D eigenvalue weighted by atomic mass is 16.3. The lowest BCUT2D eigenvalue weighted by Gasteiger charge is -2.12. The lowest BCUT2D eigenvalue weighted by molar-refractivity contribution is 0.669. The Morgan fingerprint density at radius 3 is 2.02 bits per heavy atom. The Hall–Kier alpha value is -6.65. The average Bonchev–Trinajstić information content (AvgIpc) is 3.39. The molecule has 0 N–H and O–H groups in total. The second-order valence-electron chi connectivity index (χ2n) is 12.8. The average molecular weight is 640 g/mol. The topological polar surface area (TPSA) is 51.8 Å². The van der Waals surface area contributed by atoms with Crippen LogP contribution in [0.15, 0.2) is 156 Å². The summed E-state index contributed by atoms with van der Waals surface area (Å²) in [5.74, 6) is 1.85. The lowest BCUT2D eigenvalue weighted by Crippen LogP contribution is -2.01. The van der Waals surface area contributed by atoms with Crippen LogP contribution in [0.25, 0.3) is 101 Å². The van der Waals surface area contributed by atoms with Crippen LogP contribution in [0, 0.1) is 0 Å². The fourth-order valence-corrected chi connectivity index (χ4v) is 7.21. The minimum absolute atomic E-state index is 0.601. The summed E-state index contributed by atoms with van der Waals surface area (Å²) in [6.45, 7) is 0. The van der Waals surface area contributed by atoms with Crippen molar-refractivity contribution >= 4 is 55.6 Å². The molecule has 4 heteroatoms. The molecule has 9 aromatic rings. The van der Waals surface area contributed by atoms with Gasteiger partial charge in [-0.05, 0) is 80.6 Å². The van der Waals surface area contributed by atoms with E-state index in [0.29, 0.717) is 17.5 Å². The summed E-state index contributed by atoms with van der Waals surface area (Å²) in [6.07, 6.45) is 9.63. The zero-order chi connectivity index (χ0) is 33.0. The molecule has 0 bridgehead atoms. The number of benzene rings is 7. The van der Waals surface area contributed by atoms with Crippen molar-refractivity contribution in [3.8, 4) is 45.3 Å². The van der Waals surface area contributed by atoms with Gasteiger partial charge < -0.3 is 4.42 Å². The third kappa shape index (κ3) is 4.81. The van der Waals surface area contributed by atoms with Crippen molar-refractivity contribution in [2.24, 2.45) is 0 Å². The Balaban J connectivity index is 1.22. The smallest absolute Gasteiger partial charge is 0.164 e. The molecule has 0 amide bonds. The highest BCUT2D eigenvalue weighted by molar-refractivity contribution is 6.14. The number of fused-ring (bicyclic) bond motifs is 7. The molecule has 0 unspecified atom stereocenters. The summed E-state index contributed by atoms with van der Waals surface area (Å²) in [5.41, 5.74) is 8.86. The molecule has 0 atom stereocenters. The predicted molar refractivity (Wildman–Crippen MR) is 207 cm³/mol. The molecule has 10 rings (SSSR count). The first-order valence-corrected chi connectivity index (χ1v) is 16.9. The Morgan fingerprint density at radius 2 is 1.12 bits per heavy atom. The van der Waals surface area contributed by atoms with Gasteiger partial charge in [-0.15, -0.1) is 0 Å². The fourth-order valence-electron chi connectivity index (χ4n) is 7.21. The van der Waals surface area contributed by atoms with Gasteiger partial charge >= 0.3 is 0 Å². The predicted octanol–water partition coefficient (Wildman–Crippen LogP) is 12.2. The van der Waals surface area contributed by atoms with Crippen LogP contribution in [0.3, 0.4) is 0 Å². The van der Waals surface area contributed by atoms with Gasteiger partial charge in [0.15, 0.2) is 17.5 Å². The molecule has 0 spiro atoms. The van der Waals surface area contributed by atoms with Crippen LogP contribution in [-0.4, -0.2) is 15.0 Å². The summed E-state index contributed by atoms with van der Waals surface area (Å²) >= 11 is 0. The number of hydrogen-bond acceptors (Lipinski definition) is 4. The first kappa shape index (κ1) is 28.4. The number of allylic oxidation sites excluding steroid dienone is 2. The zero-order valence-electron chi connectivity index (χ0n) is 27.0. The van der Waals surface area contributed by atoms with Gasteiger partial charge in [0.2, 0.25) is 0 Å². The van der Waals surface area contributed by atoms with Crippen molar-refractivity contribution in [3.63, 3.8) is 0 Å². The van der Waals surface area contributed by atoms with Crippen LogP contribution in [0.5, 0.6) is 0 Å². The number of hydrogen-bond donors (Lipinski definition) is 0. The molecule has 0 saturated heterocycles. The largest absolute Gasteiger partial charge is 0.456 e. The Kier molecular flexibility index (Phi) is 6.53. The Bertz CT molecular complexity index is 2850. The number of furan rings is 1. The van der Waals surface area contributed by atoms with Crippen molar-refractivity contribution in [2.75, 3.05) is 0 Å². The van der Waals surface area contributed by atoms with Gasteiger partial charge in [-0.25, -0.2) is 15.0 Å². The van der Waals surface area contributed by atoms with E-state index in [9.17, 15) is 0 Å². The van der Waals surface area contributed by atoms with Crippen LogP contribution in [0.4, 0.5) is 0 Å². The monoisotopic (exact) mass is 639 g/mol. The Labute approximate surface area is 288 Å². The zero-order valence-corrected chi connectivity index (χ0v) is 27.0. The molecule has 1 aliphatic rings. The SMILES string of the molecule is C1=Cc2ccc(-c3nc(-c4ccccc4)nc(-c4cc(-c5ccc6c(ccc7ccccc76)c5)cc5oc6ccccc6c45)n3)cc2C=CC1. The lowest BCUT2D eigenvalue weighted by atomic mass is 9.95. The van der Waals surface area contributed by atoms with E-state index >= 15 is 0 Å². The van der Waals surface area contributed by atoms with E-state index in [2.05, 4.69) is 121 Å². The highest BCUT2D eigenvalue weighted by Gasteiger charge is 2.20. The number of nitrogens with zero attached hydrogens (tertiary/aromatic N) is 3. The minimum atomic E-state index is 0.601. The van der Waals surface area contributed by atoms with Crippen molar-refractivity contribution < 1.29 is 4.42 Å². The maximum absolute atomic E-state index is 6.54. The molecule has 1 aliphatic carbocycles. The molecule has 0 saturated carbocycles. The molecule has 234 valence electrons. The first-order chi connectivity index (χ1) is 24.7. The van der Waals surface area contributed by atoms with Gasteiger partial charge in [-0.1, -0.05) is 133 Å². The van der Waals surface area contributed by atoms with Crippen molar-refractivity contribution in [2.45, 2.75) is 6.42 Å². The van der Waals surface area contributed by atoms with Gasteiger partial charge in [-0.2, -0.15) is 0 Å². The molecule has 0 radical (unpaired) electrons. The first-order valence-electron chi connectivity index (χ1n) is 16.9. The fraction of sp³-hybridized carbons (Fsp3) is 0.0217. The number of aromatic nitrogens is 3. The summed E-state index contributed by atoms with van der Waals surface area (Å²) < 4.78 is 6.54. The molecular formula is C46H29N3O. The second kappa shape index (κ2) is 11.5. The summed E-state index contributed by atoms with van der Waals surface area (Å²) in [5, 5.41) is 6.92. The highest BCUT2D eigenvalue weighted by Crippen LogP contribution is 2.41. The van der Waals surface area contributed by atoms with Crippen LogP contribution in [0.1, 0.15) is 17.5 Å². The van der Waals surface area contributed by atoms with Crippen molar-refractivity contribution in [1.82, 2.24) is 15.0 Å². The van der Waals surface area contributed by atoms with E-state index < -0.39 is 0 Å². The van der Waals surface area contributed by atoms with Crippen molar-refractivity contribution in [3.05, 3.63) is 163 Å². The van der Waals surface area contributed by atoms with Crippen molar-refractivity contribution in [1.29, 1.82) is 0 Å². The maximum Gasteiger partial charge on any atom is 0.164 e. The summed E-state index contributed by atoms with van der Waals surface area (Å²) in [7, 11) is 0.